The van der Waals surface area contributed by atoms with Gasteiger partial charge in [0.05, 0.1) is 7.11 Å². The quantitative estimate of drug-likeness (QED) is 0.271. The molecule has 130 valence electrons. The number of ether oxygens (including phenoxy) is 2. The Labute approximate surface area is 155 Å². The van der Waals surface area contributed by atoms with Gasteiger partial charge in [-0.15, -0.1) is 11.3 Å². The average molecular weight is 364 g/mol. The fraction of sp³-hybridized carbons (Fsp3) is 0.0476. The van der Waals surface area contributed by atoms with E-state index in [1.54, 1.807) is 49.6 Å². The molecule has 1 aromatic heterocycles. The lowest BCUT2D eigenvalue weighted by Gasteiger charge is -2.03. The first-order valence-electron chi connectivity index (χ1n) is 7.88. The minimum absolute atomic E-state index is 0.135. The first kappa shape index (κ1) is 17.6. The summed E-state index contributed by atoms with van der Waals surface area (Å²) in [4.78, 5) is 24.7. The number of thiophene rings is 1. The summed E-state index contributed by atoms with van der Waals surface area (Å²) < 4.78 is 10.4. The predicted octanol–water partition coefficient (Wildman–Crippen LogP) is 4.87. The second kappa shape index (κ2) is 8.27. The first-order valence-corrected chi connectivity index (χ1v) is 8.76. The molecule has 0 radical (unpaired) electrons. The molecule has 0 saturated heterocycles. The van der Waals surface area contributed by atoms with Crippen molar-refractivity contribution in [3.63, 3.8) is 0 Å². The number of rotatable bonds is 6. The van der Waals surface area contributed by atoms with Crippen LogP contribution >= 0.6 is 11.3 Å². The summed E-state index contributed by atoms with van der Waals surface area (Å²) in [6, 6.07) is 17.4. The Morgan fingerprint density at radius 3 is 2.46 bits per heavy atom. The normalized spacial score (nSPS) is 10.7. The molecule has 0 saturated carbocycles. The Hall–Kier alpha value is -3.18. The van der Waals surface area contributed by atoms with Crippen LogP contribution < -0.4 is 9.47 Å². The standard InChI is InChI=1S/C21H16O4S/c1-24-18-5-2-4-15(14-18)7-12-19(22)16-8-10-17(11-9-16)25-21(23)20-6-3-13-26-20/h2-14H,1H3. The zero-order valence-electron chi connectivity index (χ0n) is 14.0. The summed E-state index contributed by atoms with van der Waals surface area (Å²) >= 11 is 1.32. The van der Waals surface area contributed by atoms with Crippen molar-refractivity contribution in [2.75, 3.05) is 7.11 Å². The molecule has 5 heteroatoms. The lowest BCUT2D eigenvalue weighted by atomic mass is 10.1. The van der Waals surface area contributed by atoms with Crippen LogP contribution in [0.4, 0.5) is 0 Å². The molecule has 1 heterocycles. The van der Waals surface area contributed by atoms with Crippen LogP contribution in [0.5, 0.6) is 11.5 Å². The third kappa shape index (κ3) is 4.46. The third-order valence-corrected chi connectivity index (χ3v) is 4.44. The van der Waals surface area contributed by atoms with E-state index in [9.17, 15) is 9.59 Å². The van der Waals surface area contributed by atoms with Gasteiger partial charge in [0.15, 0.2) is 5.78 Å². The van der Waals surface area contributed by atoms with E-state index in [2.05, 4.69) is 0 Å². The van der Waals surface area contributed by atoms with Crippen molar-refractivity contribution in [1.29, 1.82) is 0 Å². The Morgan fingerprint density at radius 1 is 0.962 bits per heavy atom. The zero-order valence-corrected chi connectivity index (χ0v) is 14.9. The molecule has 0 unspecified atom stereocenters. The van der Waals surface area contributed by atoms with E-state index in [0.29, 0.717) is 16.2 Å². The summed E-state index contributed by atoms with van der Waals surface area (Å²) in [6.07, 6.45) is 3.23. The highest BCUT2D eigenvalue weighted by atomic mass is 32.1. The highest BCUT2D eigenvalue weighted by Crippen LogP contribution is 2.18. The number of hydrogen-bond acceptors (Lipinski definition) is 5. The predicted molar refractivity (Wildman–Crippen MR) is 102 cm³/mol. The van der Waals surface area contributed by atoms with Crippen molar-refractivity contribution in [2.24, 2.45) is 0 Å². The van der Waals surface area contributed by atoms with Crippen LogP contribution in [0.25, 0.3) is 6.08 Å². The summed E-state index contributed by atoms with van der Waals surface area (Å²) in [7, 11) is 1.60. The molecule has 2 aromatic carbocycles. The maximum absolute atomic E-state index is 12.3. The van der Waals surface area contributed by atoms with Crippen molar-refractivity contribution in [3.8, 4) is 11.5 Å². The third-order valence-electron chi connectivity index (χ3n) is 3.59. The van der Waals surface area contributed by atoms with Crippen LogP contribution in [0.1, 0.15) is 25.6 Å². The van der Waals surface area contributed by atoms with Crippen molar-refractivity contribution < 1.29 is 19.1 Å². The van der Waals surface area contributed by atoms with Crippen LogP contribution in [0.3, 0.4) is 0 Å². The highest BCUT2D eigenvalue weighted by Gasteiger charge is 2.10. The monoisotopic (exact) mass is 364 g/mol. The molecule has 0 bridgehead atoms. The van der Waals surface area contributed by atoms with Crippen molar-refractivity contribution in [2.45, 2.75) is 0 Å². The smallest absolute Gasteiger partial charge is 0.353 e. The van der Waals surface area contributed by atoms with Gasteiger partial charge in [-0.1, -0.05) is 24.3 Å². The summed E-state index contributed by atoms with van der Waals surface area (Å²) in [5.41, 5.74) is 1.39. The van der Waals surface area contributed by atoms with E-state index in [-0.39, 0.29) is 5.78 Å². The fourth-order valence-electron chi connectivity index (χ4n) is 2.25. The van der Waals surface area contributed by atoms with E-state index in [4.69, 9.17) is 9.47 Å². The van der Waals surface area contributed by atoms with Gasteiger partial charge in [0, 0.05) is 5.56 Å². The second-order valence-electron chi connectivity index (χ2n) is 5.37. The van der Waals surface area contributed by atoms with Crippen molar-refractivity contribution in [1.82, 2.24) is 0 Å². The molecule has 0 aliphatic rings. The topological polar surface area (TPSA) is 52.6 Å². The summed E-state index contributed by atoms with van der Waals surface area (Å²) in [5.74, 6) is 0.592. The van der Waals surface area contributed by atoms with Gasteiger partial charge >= 0.3 is 5.97 Å². The average Bonchev–Trinajstić information content (AvgIpc) is 3.22. The van der Waals surface area contributed by atoms with E-state index < -0.39 is 5.97 Å². The molecule has 0 atom stereocenters. The van der Waals surface area contributed by atoms with E-state index in [1.165, 1.54) is 17.4 Å². The Balaban J connectivity index is 1.65. The van der Waals surface area contributed by atoms with Gasteiger partial charge in [-0.3, -0.25) is 4.79 Å². The number of esters is 1. The first-order chi connectivity index (χ1) is 12.7. The van der Waals surface area contributed by atoms with Gasteiger partial charge in [0.25, 0.3) is 0 Å². The van der Waals surface area contributed by atoms with Gasteiger partial charge in [-0.2, -0.15) is 0 Å². The van der Waals surface area contributed by atoms with Gasteiger partial charge < -0.3 is 9.47 Å². The Morgan fingerprint density at radius 2 is 1.77 bits per heavy atom. The lowest BCUT2D eigenvalue weighted by Crippen LogP contribution is -2.06. The molecular weight excluding hydrogens is 348 g/mol. The molecule has 3 rings (SSSR count). The van der Waals surface area contributed by atoms with Crippen LogP contribution in [0, 0.1) is 0 Å². The van der Waals surface area contributed by atoms with Crippen LogP contribution in [-0.2, 0) is 0 Å². The molecule has 0 N–H and O–H groups in total. The van der Waals surface area contributed by atoms with Gasteiger partial charge in [-0.05, 0) is 59.5 Å². The number of allylic oxidation sites excluding steroid dienone is 1. The Bertz CT molecular complexity index is 925. The fourth-order valence-corrected chi connectivity index (χ4v) is 2.85. The summed E-state index contributed by atoms with van der Waals surface area (Å²) in [6.45, 7) is 0. The van der Waals surface area contributed by atoms with Crippen molar-refractivity contribution >= 4 is 29.2 Å². The SMILES string of the molecule is COc1cccc(C=CC(=O)c2ccc(OC(=O)c3cccs3)cc2)c1. The molecule has 0 amide bonds. The van der Waals surface area contributed by atoms with Gasteiger partial charge in [0.2, 0.25) is 0 Å². The number of benzene rings is 2. The van der Waals surface area contributed by atoms with Gasteiger partial charge in [-0.25, -0.2) is 4.79 Å². The molecular formula is C21H16O4S. The van der Waals surface area contributed by atoms with Crippen molar-refractivity contribution in [3.05, 3.63) is 88.1 Å². The lowest BCUT2D eigenvalue weighted by molar-refractivity contribution is 0.0740. The molecule has 0 aliphatic heterocycles. The Kier molecular flexibility index (Phi) is 5.61. The van der Waals surface area contributed by atoms with Crippen LogP contribution in [0.15, 0.2) is 72.1 Å². The van der Waals surface area contributed by atoms with E-state index in [0.717, 1.165) is 11.3 Å². The van der Waals surface area contributed by atoms with Gasteiger partial charge in [0.1, 0.15) is 16.4 Å². The highest BCUT2D eigenvalue weighted by molar-refractivity contribution is 7.12. The van der Waals surface area contributed by atoms with E-state index in [1.807, 2.05) is 29.6 Å². The van der Waals surface area contributed by atoms with Crippen LogP contribution in [0.2, 0.25) is 0 Å². The molecule has 3 aromatic rings. The number of hydrogen-bond donors (Lipinski definition) is 0. The molecule has 0 spiro atoms. The molecule has 0 aliphatic carbocycles. The maximum Gasteiger partial charge on any atom is 0.353 e. The largest absolute Gasteiger partial charge is 0.497 e. The number of carbonyl (C=O) groups is 2. The molecule has 4 nitrogen and oxygen atoms in total. The minimum atomic E-state index is -0.406. The number of methoxy groups -OCH3 is 1. The molecule has 0 fully saturated rings. The number of ketones is 1. The minimum Gasteiger partial charge on any atom is -0.497 e. The summed E-state index contributed by atoms with van der Waals surface area (Å²) in [5, 5.41) is 1.81. The zero-order chi connectivity index (χ0) is 18.4. The maximum atomic E-state index is 12.3. The second-order valence-corrected chi connectivity index (χ2v) is 6.31. The van der Waals surface area contributed by atoms with Crippen LogP contribution in [-0.4, -0.2) is 18.9 Å². The molecule has 26 heavy (non-hydrogen) atoms. The number of carbonyl (C=O) groups excluding carboxylic acids is 2. The van der Waals surface area contributed by atoms with E-state index >= 15 is 0 Å².